The number of anilines is 2. The minimum absolute atomic E-state index is 0.0426. The summed E-state index contributed by atoms with van der Waals surface area (Å²) >= 11 is 0. The van der Waals surface area contributed by atoms with Gasteiger partial charge in [0.05, 0.1) is 11.3 Å². The molecule has 0 bridgehead atoms. The highest BCUT2D eigenvalue weighted by Crippen LogP contribution is 2.26. The molecule has 8 heteroatoms. The average Bonchev–Trinajstić information content (AvgIpc) is 3.17. The molecule has 1 heterocycles. The van der Waals surface area contributed by atoms with Crippen molar-refractivity contribution in [3.8, 4) is 0 Å². The number of carbonyl (C=O) groups excluding carboxylic acids is 4. The number of hydrogen-bond donors (Lipinski definition) is 2. The zero-order chi connectivity index (χ0) is 20.8. The van der Waals surface area contributed by atoms with E-state index >= 15 is 0 Å². The molecule has 3 amide bonds. The molecule has 1 aliphatic rings. The first-order valence-electron chi connectivity index (χ1n) is 9.18. The molecule has 2 aromatic carbocycles. The van der Waals surface area contributed by atoms with Gasteiger partial charge in [0.25, 0.3) is 11.8 Å². The molecule has 1 fully saturated rings. The molecule has 1 saturated heterocycles. The van der Waals surface area contributed by atoms with Gasteiger partial charge in [0, 0.05) is 31.3 Å². The molecule has 2 aromatic rings. The Hall–Kier alpha value is -3.68. The van der Waals surface area contributed by atoms with E-state index in [4.69, 9.17) is 4.74 Å². The number of carbonyl (C=O) groups is 4. The SMILES string of the molecule is CNC(=O)c1cccc(NC(=O)COC(=O)c2ccccc2N2CCCC2=O)c1. The molecule has 3 rings (SSSR count). The molecule has 0 aromatic heterocycles. The maximum absolute atomic E-state index is 12.5. The normalized spacial score (nSPS) is 13.1. The number of amides is 3. The molecular weight excluding hydrogens is 374 g/mol. The molecule has 0 aliphatic carbocycles. The summed E-state index contributed by atoms with van der Waals surface area (Å²) in [5.41, 5.74) is 1.53. The summed E-state index contributed by atoms with van der Waals surface area (Å²) in [5, 5.41) is 5.09. The predicted octanol–water partition coefficient (Wildman–Crippen LogP) is 1.97. The summed E-state index contributed by atoms with van der Waals surface area (Å²) < 4.78 is 5.13. The molecule has 29 heavy (non-hydrogen) atoms. The first kappa shape index (κ1) is 20.1. The summed E-state index contributed by atoms with van der Waals surface area (Å²) in [6.07, 6.45) is 1.18. The monoisotopic (exact) mass is 395 g/mol. The van der Waals surface area contributed by atoms with E-state index in [2.05, 4.69) is 10.6 Å². The van der Waals surface area contributed by atoms with Crippen molar-refractivity contribution in [1.82, 2.24) is 5.32 Å². The molecule has 0 saturated carbocycles. The standard InChI is InChI=1S/C21H21N3O5/c1-22-20(27)14-6-4-7-15(12-14)23-18(25)13-29-21(28)16-8-2-3-9-17(16)24-11-5-10-19(24)26/h2-4,6-9,12H,5,10-11,13H2,1H3,(H,22,27)(H,23,25). The van der Waals surface area contributed by atoms with Gasteiger partial charge in [0.2, 0.25) is 5.91 Å². The number of rotatable bonds is 6. The van der Waals surface area contributed by atoms with E-state index in [0.717, 1.165) is 6.42 Å². The number of nitrogens with zero attached hydrogens (tertiary/aromatic N) is 1. The van der Waals surface area contributed by atoms with Gasteiger partial charge in [-0.3, -0.25) is 14.4 Å². The van der Waals surface area contributed by atoms with Crippen LogP contribution in [0.1, 0.15) is 33.6 Å². The third kappa shape index (κ3) is 4.78. The lowest BCUT2D eigenvalue weighted by Crippen LogP contribution is -2.27. The molecule has 8 nitrogen and oxygen atoms in total. The molecular formula is C21H21N3O5. The van der Waals surface area contributed by atoms with Crippen LogP contribution in [0.3, 0.4) is 0 Å². The number of para-hydroxylation sites is 1. The lowest BCUT2D eigenvalue weighted by atomic mass is 10.1. The minimum atomic E-state index is -0.686. The van der Waals surface area contributed by atoms with E-state index in [1.54, 1.807) is 47.4 Å². The van der Waals surface area contributed by atoms with Crippen LogP contribution < -0.4 is 15.5 Å². The van der Waals surface area contributed by atoms with Gasteiger partial charge in [-0.25, -0.2) is 4.79 Å². The molecule has 150 valence electrons. The van der Waals surface area contributed by atoms with Crippen LogP contribution in [0.5, 0.6) is 0 Å². The van der Waals surface area contributed by atoms with Gasteiger partial charge >= 0.3 is 5.97 Å². The second-order valence-electron chi connectivity index (χ2n) is 6.45. The van der Waals surface area contributed by atoms with Crippen molar-refractivity contribution in [2.24, 2.45) is 0 Å². The Kier molecular flexibility index (Phi) is 6.23. The van der Waals surface area contributed by atoms with Crippen LogP contribution in [-0.4, -0.2) is 43.9 Å². The highest BCUT2D eigenvalue weighted by atomic mass is 16.5. The molecule has 2 N–H and O–H groups in total. The summed E-state index contributed by atoms with van der Waals surface area (Å²) in [6, 6.07) is 13.1. The third-order valence-corrected chi connectivity index (χ3v) is 4.46. The number of hydrogen-bond acceptors (Lipinski definition) is 5. The van der Waals surface area contributed by atoms with Gasteiger partial charge in [-0.1, -0.05) is 18.2 Å². The first-order valence-corrected chi connectivity index (χ1v) is 9.18. The summed E-state index contributed by atoms with van der Waals surface area (Å²) in [5.74, 6) is -1.55. The summed E-state index contributed by atoms with van der Waals surface area (Å²) in [6.45, 7) is 0.0522. The number of ether oxygens (including phenoxy) is 1. The van der Waals surface area contributed by atoms with E-state index in [-0.39, 0.29) is 17.4 Å². The maximum Gasteiger partial charge on any atom is 0.340 e. The average molecular weight is 395 g/mol. The number of benzene rings is 2. The van der Waals surface area contributed by atoms with Crippen LogP contribution >= 0.6 is 0 Å². The predicted molar refractivity (Wildman–Crippen MR) is 107 cm³/mol. The largest absolute Gasteiger partial charge is 0.452 e. The second kappa shape index (κ2) is 9.01. The van der Waals surface area contributed by atoms with Gasteiger partial charge in [-0.05, 0) is 36.8 Å². The molecule has 1 aliphatic heterocycles. The third-order valence-electron chi connectivity index (χ3n) is 4.46. The first-order chi connectivity index (χ1) is 14.0. The fourth-order valence-electron chi connectivity index (χ4n) is 3.07. The zero-order valence-electron chi connectivity index (χ0n) is 15.9. The van der Waals surface area contributed by atoms with Crippen molar-refractivity contribution in [3.63, 3.8) is 0 Å². The Bertz CT molecular complexity index is 957. The number of esters is 1. The van der Waals surface area contributed by atoms with E-state index in [1.807, 2.05) is 0 Å². The van der Waals surface area contributed by atoms with Gasteiger partial charge in [0.15, 0.2) is 6.61 Å². The van der Waals surface area contributed by atoms with Gasteiger partial charge in [0.1, 0.15) is 0 Å². The number of nitrogens with one attached hydrogen (secondary N) is 2. The molecule has 0 radical (unpaired) electrons. The Morgan fingerprint density at radius 3 is 2.62 bits per heavy atom. The fourth-order valence-corrected chi connectivity index (χ4v) is 3.07. The van der Waals surface area contributed by atoms with Crippen molar-refractivity contribution in [3.05, 3.63) is 59.7 Å². The van der Waals surface area contributed by atoms with Crippen LogP contribution in [-0.2, 0) is 14.3 Å². The van der Waals surface area contributed by atoms with Crippen molar-refractivity contribution in [1.29, 1.82) is 0 Å². The van der Waals surface area contributed by atoms with E-state index in [0.29, 0.717) is 29.9 Å². The van der Waals surface area contributed by atoms with Crippen molar-refractivity contribution in [2.75, 3.05) is 30.4 Å². The van der Waals surface area contributed by atoms with Crippen LogP contribution in [0.15, 0.2) is 48.5 Å². The van der Waals surface area contributed by atoms with Crippen LogP contribution in [0.4, 0.5) is 11.4 Å². The maximum atomic E-state index is 12.5. The zero-order valence-corrected chi connectivity index (χ0v) is 15.9. The van der Waals surface area contributed by atoms with E-state index < -0.39 is 18.5 Å². The lowest BCUT2D eigenvalue weighted by molar-refractivity contribution is -0.119. The molecule has 0 unspecified atom stereocenters. The van der Waals surface area contributed by atoms with Crippen LogP contribution in [0.25, 0.3) is 0 Å². The Morgan fingerprint density at radius 2 is 1.90 bits per heavy atom. The van der Waals surface area contributed by atoms with Gasteiger partial charge in [-0.15, -0.1) is 0 Å². The van der Waals surface area contributed by atoms with Crippen molar-refractivity contribution < 1.29 is 23.9 Å². The smallest absolute Gasteiger partial charge is 0.340 e. The Labute approximate surface area is 167 Å². The summed E-state index contributed by atoms with van der Waals surface area (Å²) in [4.78, 5) is 49.8. The Balaban J connectivity index is 1.62. The van der Waals surface area contributed by atoms with Gasteiger partial charge in [-0.2, -0.15) is 0 Å². The molecule has 0 spiro atoms. The van der Waals surface area contributed by atoms with Crippen molar-refractivity contribution >= 4 is 35.1 Å². The minimum Gasteiger partial charge on any atom is -0.452 e. The fraction of sp³-hybridized carbons (Fsp3) is 0.238. The second-order valence-corrected chi connectivity index (χ2v) is 6.45. The van der Waals surface area contributed by atoms with E-state index in [9.17, 15) is 19.2 Å². The van der Waals surface area contributed by atoms with Crippen LogP contribution in [0, 0.1) is 0 Å². The summed E-state index contributed by atoms with van der Waals surface area (Å²) in [7, 11) is 1.51. The highest BCUT2D eigenvalue weighted by molar-refractivity contribution is 6.04. The lowest BCUT2D eigenvalue weighted by Gasteiger charge is -2.18. The quantitative estimate of drug-likeness (QED) is 0.728. The van der Waals surface area contributed by atoms with Crippen molar-refractivity contribution in [2.45, 2.75) is 12.8 Å². The topological polar surface area (TPSA) is 105 Å². The van der Waals surface area contributed by atoms with Gasteiger partial charge < -0.3 is 20.3 Å². The Morgan fingerprint density at radius 1 is 1.10 bits per heavy atom. The highest BCUT2D eigenvalue weighted by Gasteiger charge is 2.26. The van der Waals surface area contributed by atoms with Crippen LogP contribution in [0.2, 0.25) is 0 Å². The van der Waals surface area contributed by atoms with E-state index in [1.165, 1.54) is 13.1 Å². The molecule has 0 atom stereocenters.